The molecule has 1 unspecified atom stereocenters. The van der Waals surface area contributed by atoms with Gasteiger partial charge in [-0.1, -0.05) is 25.5 Å². The number of amides is 1. The SMILES string of the molecule is CCCC(N)C(=O)Nc1cccc(COC)c1.Cl. The largest absolute Gasteiger partial charge is 0.380 e. The number of ether oxygens (including phenoxy) is 1. The number of benzene rings is 1. The van der Waals surface area contributed by atoms with E-state index in [2.05, 4.69) is 5.32 Å². The van der Waals surface area contributed by atoms with Gasteiger partial charge in [0.1, 0.15) is 0 Å². The normalized spacial score (nSPS) is 11.5. The monoisotopic (exact) mass is 272 g/mol. The number of carbonyl (C=O) groups is 1. The maximum atomic E-state index is 11.7. The molecule has 1 aromatic carbocycles. The number of hydrogen-bond acceptors (Lipinski definition) is 3. The van der Waals surface area contributed by atoms with Crippen molar-refractivity contribution in [2.24, 2.45) is 5.73 Å². The Balaban J connectivity index is 0.00000289. The molecule has 0 aromatic heterocycles. The lowest BCUT2D eigenvalue weighted by atomic mass is 10.1. The zero-order valence-electron chi connectivity index (χ0n) is 10.8. The van der Waals surface area contributed by atoms with Gasteiger partial charge in [0.25, 0.3) is 0 Å². The van der Waals surface area contributed by atoms with Crippen LogP contribution in [0.5, 0.6) is 0 Å². The first-order valence-electron chi connectivity index (χ1n) is 5.81. The fraction of sp³-hybridized carbons (Fsp3) is 0.462. The molecule has 1 atom stereocenters. The van der Waals surface area contributed by atoms with Gasteiger partial charge in [-0.15, -0.1) is 12.4 Å². The van der Waals surface area contributed by atoms with Gasteiger partial charge in [0.05, 0.1) is 12.6 Å². The van der Waals surface area contributed by atoms with Crippen LogP contribution >= 0.6 is 12.4 Å². The van der Waals surface area contributed by atoms with Gasteiger partial charge in [0, 0.05) is 12.8 Å². The molecule has 5 heteroatoms. The number of anilines is 1. The minimum atomic E-state index is -0.439. The summed E-state index contributed by atoms with van der Waals surface area (Å²) in [6, 6.07) is 7.13. The number of carbonyl (C=O) groups excluding carboxylic acids is 1. The number of nitrogens with two attached hydrogens (primary N) is 1. The molecule has 0 radical (unpaired) electrons. The van der Waals surface area contributed by atoms with Crippen molar-refractivity contribution in [1.29, 1.82) is 0 Å². The smallest absolute Gasteiger partial charge is 0.241 e. The van der Waals surface area contributed by atoms with Crippen molar-refractivity contribution < 1.29 is 9.53 Å². The van der Waals surface area contributed by atoms with E-state index in [1.165, 1.54) is 0 Å². The maximum Gasteiger partial charge on any atom is 0.241 e. The lowest BCUT2D eigenvalue weighted by molar-refractivity contribution is -0.117. The van der Waals surface area contributed by atoms with E-state index in [-0.39, 0.29) is 18.3 Å². The van der Waals surface area contributed by atoms with Gasteiger partial charge in [-0.2, -0.15) is 0 Å². The van der Waals surface area contributed by atoms with Crippen molar-refractivity contribution in [3.8, 4) is 0 Å². The maximum absolute atomic E-state index is 11.7. The topological polar surface area (TPSA) is 64.4 Å². The Bertz CT molecular complexity index is 372. The zero-order chi connectivity index (χ0) is 12.7. The second-order valence-corrected chi connectivity index (χ2v) is 4.02. The predicted molar refractivity (Wildman–Crippen MR) is 75.9 cm³/mol. The molecule has 0 saturated carbocycles. The molecule has 0 saturated heterocycles. The predicted octanol–water partition coefficient (Wildman–Crippen LogP) is 2.32. The lowest BCUT2D eigenvalue weighted by Gasteiger charge is -2.11. The average molecular weight is 273 g/mol. The summed E-state index contributed by atoms with van der Waals surface area (Å²) in [7, 11) is 1.64. The number of methoxy groups -OCH3 is 1. The molecule has 1 amide bonds. The molecule has 0 fully saturated rings. The van der Waals surface area contributed by atoms with Crippen LogP contribution in [0.1, 0.15) is 25.3 Å². The van der Waals surface area contributed by atoms with Crippen LogP contribution in [0.25, 0.3) is 0 Å². The molecule has 0 heterocycles. The molecule has 18 heavy (non-hydrogen) atoms. The van der Waals surface area contributed by atoms with Gasteiger partial charge in [-0.3, -0.25) is 4.79 Å². The highest BCUT2D eigenvalue weighted by molar-refractivity contribution is 5.94. The molecule has 0 aliphatic heterocycles. The van der Waals surface area contributed by atoms with Crippen molar-refractivity contribution in [2.75, 3.05) is 12.4 Å². The van der Waals surface area contributed by atoms with Gasteiger partial charge < -0.3 is 15.8 Å². The standard InChI is InChI=1S/C13H20N2O2.ClH/c1-3-5-12(14)13(16)15-11-7-4-6-10(8-11)9-17-2;/h4,6-8,12H,3,5,9,14H2,1-2H3,(H,15,16);1H. The number of rotatable bonds is 6. The van der Waals surface area contributed by atoms with Crippen molar-refractivity contribution in [2.45, 2.75) is 32.4 Å². The van der Waals surface area contributed by atoms with E-state index in [0.717, 1.165) is 17.7 Å². The molecule has 0 bridgehead atoms. The Morgan fingerprint density at radius 3 is 2.83 bits per heavy atom. The van der Waals surface area contributed by atoms with Crippen molar-refractivity contribution in [3.05, 3.63) is 29.8 Å². The van der Waals surface area contributed by atoms with E-state index < -0.39 is 6.04 Å². The fourth-order valence-electron chi connectivity index (χ4n) is 1.58. The van der Waals surface area contributed by atoms with Crippen LogP contribution in [-0.4, -0.2) is 19.1 Å². The van der Waals surface area contributed by atoms with Crippen molar-refractivity contribution >= 4 is 24.0 Å². The van der Waals surface area contributed by atoms with E-state index in [1.807, 2.05) is 31.2 Å². The summed E-state index contributed by atoms with van der Waals surface area (Å²) in [5.41, 5.74) is 7.52. The molecule has 0 aliphatic carbocycles. The van der Waals surface area contributed by atoms with Crippen LogP contribution in [0, 0.1) is 0 Å². The summed E-state index contributed by atoms with van der Waals surface area (Å²) >= 11 is 0. The quantitative estimate of drug-likeness (QED) is 0.835. The van der Waals surface area contributed by atoms with Gasteiger partial charge >= 0.3 is 0 Å². The summed E-state index contributed by atoms with van der Waals surface area (Å²) in [5, 5.41) is 2.81. The van der Waals surface area contributed by atoms with E-state index in [0.29, 0.717) is 13.0 Å². The lowest BCUT2D eigenvalue weighted by Crippen LogP contribution is -2.35. The van der Waals surface area contributed by atoms with E-state index in [1.54, 1.807) is 7.11 Å². The highest BCUT2D eigenvalue weighted by Crippen LogP contribution is 2.12. The van der Waals surface area contributed by atoms with Crippen LogP contribution in [0.2, 0.25) is 0 Å². The first-order chi connectivity index (χ1) is 8.17. The molecule has 1 aromatic rings. The Kier molecular flexibility index (Phi) is 8.37. The first kappa shape index (κ1) is 16.9. The minimum Gasteiger partial charge on any atom is -0.380 e. The highest BCUT2D eigenvalue weighted by atomic mass is 35.5. The van der Waals surface area contributed by atoms with Gasteiger partial charge in [-0.05, 0) is 24.1 Å². The molecule has 1 rings (SSSR count). The molecule has 102 valence electrons. The third-order valence-corrected chi connectivity index (χ3v) is 2.44. The summed E-state index contributed by atoms with van der Waals surface area (Å²) in [6.45, 7) is 2.54. The third-order valence-electron chi connectivity index (χ3n) is 2.44. The van der Waals surface area contributed by atoms with Gasteiger partial charge in [-0.25, -0.2) is 0 Å². The molecular weight excluding hydrogens is 252 g/mol. The van der Waals surface area contributed by atoms with Crippen LogP contribution < -0.4 is 11.1 Å². The molecule has 0 spiro atoms. The second-order valence-electron chi connectivity index (χ2n) is 4.02. The number of nitrogens with one attached hydrogen (secondary N) is 1. The molecule has 4 nitrogen and oxygen atoms in total. The summed E-state index contributed by atoms with van der Waals surface area (Å²) in [4.78, 5) is 11.7. The van der Waals surface area contributed by atoms with Crippen LogP contribution in [0.4, 0.5) is 5.69 Å². The number of halogens is 1. The Morgan fingerprint density at radius 2 is 2.22 bits per heavy atom. The van der Waals surface area contributed by atoms with E-state index in [4.69, 9.17) is 10.5 Å². The van der Waals surface area contributed by atoms with Gasteiger partial charge in [0.2, 0.25) is 5.91 Å². The van der Waals surface area contributed by atoms with Crippen LogP contribution in [-0.2, 0) is 16.1 Å². The third kappa shape index (κ3) is 5.49. The molecular formula is C13H21ClN2O2. The summed E-state index contributed by atoms with van der Waals surface area (Å²) < 4.78 is 5.04. The van der Waals surface area contributed by atoms with E-state index in [9.17, 15) is 4.79 Å². The summed E-state index contributed by atoms with van der Waals surface area (Å²) in [6.07, 6.45) is 1.60. The Morgan fingerprint density at radius 1 is 1.50 bits per heavy atom. The van der Waals surface area contributed by atoms with Crippen molar-refractivity contribution in [1.82, 2.24) is 0 Å². The Hall–Kier alpha value is -1.10. The minimum absolute atomic E-state index is 0. The fourth-order valence-corrected chi connectivity index (χ4v) is 1.58. The zero-order valence-corrected chi connectivity index (χ0v) is 11.6. The molecule has 3 N–H and O–H groups in total. The second kappa shape index (κ2) is 8.91. The van der Waals surface area contributed by atoms with Gasteiger partial charge in [0.15, 0.2) is 0 Å². The average Bonchev–Trinajstić information content (AvgIpc) is 2.30. The van der Waals surface area contributed by atoms with Crippen LogP contribution in [0.3, 0.4) is 0 Å². The van der Waals surface area contributed by atoms with E-state index >= 15 is 0 Å². The highest BCUT2D eigenvalue weighted by Gasteiger charge is 2.12. The summed E-state index contributed by atoms with van der Waals surface area (Å²) in [5.74, 6) is -0.138. The number of hydrogen-bond donors (Lipinski definition) is 2. The van der Waals surface area contributed by atoms with Crippen molar-refractivity contribution in [3.63, 3.8) is 0 Å². The molecule has 0 aliphatic rings. The Labute approximate surface area is 114 Å². The first-order valence-corrected chi connectivity index (χ1v) is 5.81. The van der Waals surface area contributed by atoms with Crippen LogP contribution in [0.15, 0.2) is 24.3 Å².